The Kier molecular flexibility index (Phi) is 2.39. The number of hydrazine groups is 1. The first kappa shape index (κ1) is 10.6. The van der Waals surface area contributed by atoms with E-state index in [4.69, 9.17) is 5.84 Å². The van der Waals surface area contributed by atoms with E-state index in [1.54, 1.807) is 18.2 Å². The van der Waals surface area contributed by atoms with Crippen LogP contribution in [0.15, 0.2) is 30.6 Å². The summed E-state index contributed by atoms with van der Waals surface area (Å²) in [4.78, 5) is 7.39. The Balaban J connectivity index is 2.61. The third kappa shape index (κ3) is 1.76. The second-order valence-electron chi connectivity index (χ2n) is 3.05. The number of fused-ring (bicyclic) bond motifs is 1. The molecule has 0 aliphatic rings. The van der Waals surface area contributed by atoms with Gasteiger partial charge in [-0.2, -0.15) is 0 Å². The summed E-state index contributed by atoms with van der Waals surface area (Å²) in [6.07, 6.45) is -3.62. The maximum atomic E-state index is 12.4. The lowest BCUT2D eigenvalue weighted by Crippen LogP contribution is -2.44. The highest BCUT2D eigenvalue weighted by Crippen LogP contribution is 2.28. The summed E-state index contributed by atoms with van der Waals surface area (Å²) in [6, 6.07) is 6.34. The van der Waals surface area contributed by atoms with E-state index < -0.39 is 6.30 Å². The molecule has 0 bridgehead atoms. The average molecular weight is 228 g/mol. The van der Waals surface area contributed by atoms with Crippen LogP contribution in [0.5, 0.6) is 0 Å². The molecule has 0 unspecified atom stereocenters. The number of nitrogens with two attached hydrogens (primary N) is 1. The summed E-state index contributed by atoms with van der Waals surface area (Å²) in [6.45, 7) is 0. The van der Waals surface area contributed by atoms with Crippen LogP contribution in [-0.4, -0.2) is 16.3 Å². The average Bonchev–Trinajstić information content (AvgIpc) is 2.26. The minimum absolute atomic E-state index is 0.254. The van der Waals surface area contributed by atoms with Crippen molar-refractivity contribution in [2.45, 2.75) is 6.30 Å². The Morgan fingerprint density at radius 1 is 1.12 bits per heavy atom. The molecule has 4 nitrogen and oxygen atoms in total. The van der Waals surface area contributed by atoms with Crippen LogP contribution >= 0.6 is 0 Å². The minimum Gasteiger partial charge on any atom is -0.239 e. The van der Waals surface area contributed by atoms with Gasteiger partial charge in [-0.05, 0) is 12.1 Å². The van der Waals surface area contributed by atoms with Gasteiger partial charge in [0.25, 0.3) is 0 Å². The molecule has 0 atom stereocenters. The zero-order chi connectivity index (χ0) is 11.8. The van der Waals surface area contributed by atoms with E-state index in [0.717, 1.165) is 6.33 Å². The fourth-order valence-corrected chi connectivity index (χ4v) is 1.30. The molecule has 2 aromatic rings. The van der Waals surface area contributed by atoms with Gasteiger partial charge in [-0.25, -0.2) is 20.8 Å². The summed E-state index contributed by atoms with van der Waals surface area (Å²) in [5.41, 5.74) is 0.409. The number of para-hydroxylation sites is 1. The number of nitrogens with zero attached hydrogens (tertiary/aromatic N) is 3. The van der Waals surface area contributed by atoms with Gasteiger partial charge < -0.3 is 0 Å². The number of alkyl halides is 3. The predicted molar refractivity (Wildman–Crippen MR) is 52.3 cm³/mol. The minimum atomic E-state index is -4.67. The second-order valence-corrected chi connectivity index (χ2v) is 3.05. The standard InChI is InChI=1S/C9H7F3N4/c10-9(11,12)16(13)8-6-3-1-2-4-7(6)14-5-15-8/h1-5H,13H2. The zero-order valence-electron chi connectivity index (χ0n) is 7.94. The highest BCUT2D eigenvalue weighted by atomic mass is 19.4. The van der Waals surface area contributed by atoms with Gasteiger partial charge in [0, 0.05) is 5.39 Å². The van der Waals surface area contributed by atoms with Gasteiger partial charge in [0.05, 0.1) is 5.52 Å². The Labute approximate surface area is 88.5 Å². The molecule has 16 heavy (non-hydrogen) atoms. The molecule has 2 N–H and O–H groups in total. The predicted octanol–water partition coefficient (Wildman–Crippen LogP) is 1.83. The fourth-order valence-electron chi connectivity index (χ4n) is 1.30. The number of anilines is 1. The molecular formula is C9H7F3N4. The molecule has 0 radical (unpaired) electrons. The second kappa shape index (κ2) is 3.60. The number of hydrogen-bond donors (Lipinski definition) is 1. The van der Waals surface area contributed by atoms with Crippen LogP contribution in [0.2, 0.25) is 0 Å². The first-order chi connectivity index (χ1) is 7.50. The SMILES string of the molecule is NN(c1ncnc2ccccc12)C(F)(F)F. The lowest BCUT2D eigenvalue weighted by Gasteiger charge is -2.20. The molecule has 0 saturated carbocycles. The fraction of sp³-hybridized carbons (Fsp3) is 0.111. The van der Waals surface area contributed by atoms with Crippen molar-refractivity contribution in [2.24, 2.45) is 5.84 Å². The van der Waals surface area contributed by atoms with Crippen LogP contribution < -0.4 is 10.9 Å². The number of rotatable bonds is 1. The Morgan fingerprint density at radius 2 is 1.81 bits per heavy atom. The molecule has 7 heteroatoms. The smallest absolute Gasteiger partial charge is 0.239 e. The summed E-state index contributed by atoms with van der Waals surface area (Å²) in [5, 5.41) is -0.0679. The van der Waals surface area contributed by atoms with E-state index in [2.05, 4.69) is 9.97 Å². The van der Waals surface area contributed by atoms with Gasteiger partial charge in [0.15, 0.2) is 5.82 Å². The summed E-state index contributed by atoms with van der Waals surface area (Å²) in [7, 11) is 0. The first-order valence-electron chi connectivity index (χ1n) is 4.31. The number of aromatic nitrogens is 2. The van der Waals surface area contributed by atoms with Crippen LogP contribution in [0.1, 0.15) is 0 Å². The third-order valence-corrected chi connectivity index (χ3v) is 2.02. The highest BCUT2D eigenvalue weighted by Gasteiger charge is 2.37. The van der Waals surface area contributed by atoms with Crippen LogP contribution in [0.3, 0.4) is 0 Å². The zero-order valence-corrected chi connectivity index (χ0v) is 7.94. The van der Waals surface area contributed by atoms with Gasteiger partial charge >= 0.3 is 6.30 Å². The molecule has 0 aliphatic carbocycles. The lowest BCUT2D eigenvalue weighted by atomic mass is 10.2. The first-order valence-corrected chi connectivity index (χ1v) is 4.31. The molecule has 1 aromatic carbocycles. The molecule has 0 aliphatic heterocycles. The molecule has 0 spiro atoms. The third-order valence-electron chi connectivity index (χ3n) is 2.02. The maximum absolute atomic E-state index is 12.4. The topological polar surface area (TPSA) is 55.0 Å². The summed E-state index contributed by atoms with van der Waals surface area (Å²) >= 11 is 0. The molecule has 2 rings (SSSR count). The number of halogens is 3. The quantitative estimate of drug-likeness (QED) is 0.459. The van der Waals surface area contributed by atoms with Crippen LogP contribution in [-0.2, 0) is 0 Å². The summed E-state index contributed by atoms with van der Waals surface area (Å²) in [5.74, 6) is 4.59. The van der Waals surface area contributed by atoms with Crippen LogP contribution in [0.25, 0.3) is 10.9 Å². The Morgan fingerprint density at radius 3 is 2.50 bits per heavy atom. The Bertz CT molecular complexity index is 506. The number of benzene rings is 1. The molecule has 0 amide bonds. The van der Waals surface area contributed by atoms with Gasteiger partial charge in [0.1, 0.15) is 6.33 Å². The van der Waals surface area contributed by atoms with E-state index in [-0.39, 0.29) is 16.2 Å². The van der Waals surface area contributed by atoms with Crippen LogP contribution in [0, 0.1) is 0 Å². The normalized spacial score (nSPS) is 11.8. The van der Waals surface area contributed by atoms with Gasteiger partial charge in [-0.1, -0.05) is 12.1 Å². The van der Waals surface area contributed by atoms with E-state index in [1.807, 2.05) is 0 Å². The molecule has 0 saturated heterocycles. The van der Waals surface area contributed by atoms with Crippen molar-refractivity contribution in [3.8, 4) is 0 Å². The lowest BCUT2D eigenvalue weighted by molar-refractivity contribution is -0.130. The van der Waals surface area contributed by atoms with Crippen LogP contribution in [0.4, 0.5) is 19.0 Å². The molecule has 84 valence electrons. The highest BCUT2D eigenvalue weighted by molar-refractivity contribution is 5.88. The van der Waals surface area contributed by atoms with E-state index in [9.17, 15) is 13.2 Å². The van der Waals surface area contributed by atoms with Crippen molar-refractivity contribution in [1.82, 2.24) is 9.97 Å². The number of hydrogen-bond acceptors (Lipinski definition) is 4. The van der Waals surface area contributed by atoms with Crippen molar-refractivity contribution < 1.29 is 13.2 Å². The molecular weight excluding hydrogens is 221 g/mol. The largest absolute Gasteiger partial charge is 0.500 e. The van der Waals surface area contributed by atoms with Crippen molar-refractivity contribution in [1.29, 1.82) is 0 Å². The molecule has 0 fully saturated rings. The summed E-state index contributed by atoms with van der Waals surface area (Å²) < 4.78 is 37.2. The van der Waals surface area contributed by atoms with E-state index in [1.165, 1.54) is 6.07 Å². The van der Waals surface area contributed by atoms with Gasteiger partial charge in [-0.3, -0.25) is 0 Å². The van der Waals surface area contributed by atoms with Gasteiger partial charge in [0.2, 0.25) is 0 Å². The monoisotopic (exact) mass is 228 g/mol. The Hall–Kier alpha value is -1.89. The van der Waals surface area contributed by atoms with Crippen molar-refractivity contribution in [3.05, 3.63) is 30.6 Å². The molecule has 1 heterocycles. The molecule has 1 aromatic heterocycles. The maximum Gasteiger partial charge on any atom is 0.500 e. The van der Waals surface area contributed by atoms with Crippen molar-refractivity contribution >= 4 is 16.7 Å². The van der Waals surface area contributed by atoms with E-state index in [0.29, 0.717) is 5.52 Å². The van der Waals surface area contributed by atoms with E-state index >= 15 is 0 Å². The van der Waals surface area contributed by atoms with Gasteiger partial charge in [-0.15, -0.1) is 13.2 Å². The van der Waals surface area contributed by atoms with Crippen molar-refractivity contribution in [2.75, 3.05) is 5.01 Å². The van der Waals surface area contributed by atoms with Crippen molar-refractivity contribution in [3.63, 3.8) is 0 Å².